The number of carbonyl (C=O) groups is 4. The lowest BCUT2D eigenvalue weighted by molar-refractivity contribution is -0.148. The van der Waals surface area contributed by atoms with Crippen LogP contribution in [0.1, 0.15) is 36.7 Å². The van der Waals surface area contributed by atoms with Crippen molar-refractivity contribution in [1.82, 2.24) is 19.4 Å². The fourth-order valence-electron chi connectivity index (χ4n) is 3.14. The highest BCUT2D eigenvalue weighted by molar-refractivity contribution is 7.98. The molecule has 1 saturated heterocycles. The van der Waals surface area contributed by atoms with Crippen molar-refractivity contribution in [2.75, 3.05) is 20.3 Å². The average molecular weight is 583 g/mol. The Kier molecular flexibility index (Phi) is 9.75. The minimum Gasteiger partial charge on any atom is -0.444 e. The molecular weight excluding hydrogens is 555 g/mol. The lowest BCUT2D eigenvalue weighted by atomic mass is 10.2. The van der Waals surface area contributed by atoms with Gasteiger partial charge in [0.15, 0.2) is 12.2 Å². The van der Waals surface area contributed by atoms with Gasteiger partial charge in [0, 0.05) is 34.6 Å². The van der Waals surface area contributed by atoms with Gasteiger partial charge in [-0.15, -0.1) is 0 Å². The Bertz CT molecular complexity index is 1170. The Morgan fingerprint density at radius 1 is 1.03 bits per heavy atom. The predicted molar refractivity (Wildman–Crippen MR) is 144 cm³/mol. The number of nitrogens with one attached hydrogen (secondary N) is 1. The van der Waals surface area contributed by atoms with Crippen LogP contribution in [0.3, 0.4) is 0 Å². The van der Waals surface area contributed by atoms with E-state index in [1.54, 1.807) is 69.3 Å². The molecule has 204 valence electrons. The predicted octanol–water partition coefficient (Wildman–Crippen LogP) is 4.96. The maximum atomic E-state index is 13.2. The van der Waals surface area contributed by atoms with Gasteiger partial charge >= 0.3 is 18.1 Å². The van der Waals surface area contributed by atoms with Crippen LogP contribution in [-0.4, -0.2) is 69.5 Å². The van der Waals surface area contributed by atoms with Gasteiger partial charge in [-0.3, -0.25) is 18.8 Å². The van der Waals surface area contributed by atoms with E-state index in [2.05, 4.69) is 5.32 Å². The molecule has 4 amide bonds. The lowest BCUT2D eigenvalue weighted by Crippen LogP contribution is -2.46. The molecule has 2 aromatic rings. The first-order valence-corrected chi connectivity index (χ1v) is 13.1. The molecule has 0 radical (unpaired) electrons. The molecule has 0 aliphatic carbocycles. The van der Waals surface area contributed by atoms with Crippen LogP contribution in [0.4, 0.5) is 9.59 Å². The number of hydrogen-bond donors (Lipinski definition) is 1. The van der Waals surface area contributed by atoms with Gasteiger partial charge in [-0.25, -0.2) is 9.59 Å². The van der Waals surface area contributed by atoms with E-state index in [4.69, 9.17) is 32.7 Å². The molecule has 38 heavy (non-hydrogen) atoms. The van der Waals surface area contributed by atoms with E-state index in [0.29, 0.717) is 15.6 Å². The van der Waals surface area contributed by atoms with E-state index in [1.807, 2.05) is 0 Å². The molecule has 0 bridgehead atoms. The van der Waals surface area contributed by atoms with Gasteiger partial charge in [0.2, 0.25) is 0 Å². The third-order valence-electron chi connectivity index (χ3n) is 5.01. The van der Waals surface area contributed by atoms with Crippen molar-refractivity contribution in [3.63, 3.8) is 0 Å². The number of esters is 1. The Hall–Kier alpha value is -3.15. The summed E-state index contributed by atoms with van der Waals surface area (Å²) >= 11 is 12.9. The van der Waals surface area contributed by atoms with Crippen LogP contribution >= 0.6 is 35.1 Å². The molecule has 1 aliphatic rings. The third-order valence-corrected chi connectivity index (χ3v) is 6.62. The average Bonchev–Trinajstić information content (AvgIpc) is 3.12. The van der Waals surface area contributed by atoms with E-state index in [0.717, 1.165) is 22.4 Å². The zero-order chi connectivity index (χ0) is 28.0. The highest BCUT2D eigenvalue weighted by atomic mass is 35.5. The second kappa shape index (κ2) is 12.6. The molecule has 0 aromatic heterocycles. The summed E-state index contributed by atoms with van der Waals surface area (Å²) in [6.07, 6.45) is -0.690. The van der Waals surface area contributed by atoms with Gasteiger partial charge in [-0.1, -0.05) is 35.3 Å². The Morgan fingerprint density at radius 2 is 1.61 bits per heavy atom. The molecule has 1 atom stereocenters. The molecule has 1 fully saturated rings. The number of halogens is 2. The minimum atomic E-state index is -0.866. The van der Waals surface area contributed by atoms with E-state index in [-0.39, 0.29) is 13.1 Å². The van der Waals surface area contributed by atoms with Gasteiger partial charge < -0.3 is 19.7 Å². The summed E-state index contributed by atoms with van der Waals surface area (Å²) in [5.74, 6) is -1.20. The normalized spacial score (nSPS) is 15.3. The quantitative estimate of drug-likeness (QED) is 0.346. The van der Waals surface area contributed by atoms with Gasteiger partial charge in [0.1, 0.15) is 12.1 Å². The Balaban J connectivity index is 1.68. The molecule has 10 nitrogen and oxygen atoms in total. The summed E-state index contributed by atoms with van der Waals surface area (Å²) in [6.45, 7) is 4.52. The molecule has 2 aromatic carbocycles. The van der Waals surface area contributed by atoms with Gasteiger partial charge in [0.05, 0.1) is 6.54 Å². The van der Waals surface area contributed by atoms with Crippen LogP contribution in [0.15, 0.2) is 48.5 Å². The topological polar surface area (TPSA) is 108 Å². The largest absolute Gasteiger partial charge is 0.444 e. The summed E-state index contributed by atoms with van der Waals surface area (Å²) in [5, 5.41) is 3.82. The Labute approximate surface area is 235 Å². The van der Waals surface area contributed by atoms with E-state index in [9.17, 15) is 19.2 Å². The van der Waals surface area contributed by atoms with Crippen molar-refractivity contribution >= 4 is 59.2 Å². The number of carbonyl (C=O) groups excluding carboxylic acids is 4. The Morgan fingerprint density at radius 3 is 2.18 bits per heavy atom. The SMILES string of the molecule is CN(CC(=O)OCN1C(=O)N(Cc2ccc(Cl)cc2)SC1NC(=O)c1ccc(Cl)cc1)C(=O)OC(C)(C)C. The number of rotatable bonds is 8. The molecule has 3 rings (SSSR count). The monoisotopic (exact) mass is 582 g/mol. The zero-order valence-corrected chi connectivity index (χ0v) is 23.6. The van der Waals surface area contributed by atoms with Crippen LogP contribution in [0.25, 0.3) is 0 Å². The molecule has 0 saturated carbocycles. The molecule has 1 unspecified atom stereocenters. The first-order chi connectivity index (χ1) is 17.8. The maximum Gasteiger partial charge on any atom is 0.410 e. The van der Waals surface area contributed by atoms with E-state index in [1.165, 1.54) is 16.3 Å². The number of ether oxygens (including phenoxy) is 2. The number of amides is 4. The van der Waals surface area contributed by atoms with Crippen molar-refractivity contribution in [3.8, 4) is 0 Å². The number of hydrogen-bond acceptors (Lipinski definition) is 7. The van der Waals surface area contributed by atoms with Crippen molar-refractivity contribution in [1.29, 1.82) is 0 Å². The van der Waals surface area contributed by atoms with Crippen LogP contribution in [0.2, 0.25) is 10.0 Å². The molecule has 1 aliphatic heterocycles. The minimum absolute atomic E-state index is 0.222. The second-order valence-corrected chi connectivity index (χ2v) is 11.3. The summed E-state index contributed by atoms with van der Waals surface area (Å²) in [6, 6.07) is 12.8. The zero-order valence-electron chi connectivity index (χ0n) is 21.3. The number of likely N-dealkylation sites (N-methyl/N-ethyl adjacent to an activating group) is 1. The number of benzene rings is 2. The highest BCUT2D eigenvalue weighted by Gasteiger charge is 2.40. The first kappa shape index (κ1) is 29.4. The van der Waals surface area contributed by atoms with E-state index >= 15 is 0 Å². The smallest absolute Gasteiger partial charge is 0.410 e. The van der Waals surface area contributed by atoms with E-state index < -0.39 is 41.8 Å². The summed E-state index contributed by atoms with van der Waals surface area (Å²) in [5.41, 5.74) is -0.433. The second-order valence-electron chi connectivity index (χ2n) is 9.34. The first-order valence-electron chi connectivity index (χ1n) is 11.5. The van der Waals surface area contributed by atoms with Crippen LogP contribution in [0, 0.1) is 0 Å². The third kappa shape index (κ3) is 8.44. The highest BCUT2D eigenvalue weighted by Crippen LogP contribution is 2.31. The molecule has 1 heterocycles. The van der Waals surface area contributed by atoms with Crippen LogP contribution in [0.5, 0.6) is 0 Å². The van der Waals surface area contributed by atoms with Gasteiger partial charge in [-0.05, 0) is 62.7 Å². The maximum absolute atomic E-state index is 13.2. The molecule has 1 N–H and O–H groups in total. The van der Waals surface area contributed by atoms with Crippen molar-refractivity contribution in [2.24, 2.45) is 0 Å². The van der Waals surface area contributed by atoms with Crippen molar-refractivity contribution in [2.45, 2.75) is 38.4 Å². The fraction of sp³-hybridized carbons (Fsp3) is 0.360. The number of nitrogens with zero attached hydrogens (tertiary/aromatic N) is 3. The fourth-order valence-corrected chi connectivity index (χ4v) is 4.47. The summed E-state index contributed by atoms with van der Waals surface area (Å²) < 4.78 is 12.0. The van der Waals surface area contributed by atoms with Gasteiger partial charge in [-0.2, -0.15) is 0 Å². The van der Waals surface area contributed by atoms with Crippen LogP contribution < -0.4 is 5.32 Å². The van der Waals surface area contributed by atoms with Crippen molar-refractivity contribution in [3.05, 3.63) is 69.7 Å². The summed E-state index contributed by atoms with van der Waals surface area (Å²) in [7, 11) is 1.40. The summed E-state index contributed by atoms with van der Waals surface area (Å²) in [4.78, 5) is 52.9. The molecular formula is C25H28Cl2N4O6S. The lowest BCUT2D eigenvalue weighted by Gasteiger charge is -2.25. The van der Waals surface area contributed by atoms with Crippen LogP contribution in [-0.2, 0) is 20.8 Å². The standard InChI is InChI=1S/C25H28Cl2N4O6S/c1-25(2,3)37-24(35)29(4)14-20(32)36-15-30-22(28-21(33)17-7-11-19(27)12-8-17)38-31(23(30)34)13-16-5-9-18(26)10-6-16/h5-12,22H,13-15H2,1-4H3,(H,28,33). The van der Waals surface area contributed by atoms with Crippen molar-refractivity contribution < 1.29 is 28.7 Å². The molecule has 0 spiro atoms. The van der Waals surface area contributed by atoms with Gasteiger partial charge in [0.25, 0.3) is 5.91 Å². The number of urea groups is 1. The molecule has 13 heteroatoms.